The lowest BCUT2D eigenvalue weighted by Gasteiger charge is -2.13. The van der Waals surface area contributed by atoms with Gasteiger partial charge in [0.1, 0.15) is 5.75 Å². The first-order valence-electron chi connectivity index (χ1n) is 10.3. The zero-order valence-electron chi connectivity index (χ0n) is 18.5. The third kappa shape index (κ3) is 7.12. The minimum atomic E-state index is -0.546. The van der Waals surface area contributed by atoms with Crippen molar-refractivity contribution in [2.75, 3.05) is 12.4 Å². The molecule has 7 heteroatoms. The summed E-state index contributed by atoms with van der Waals surface area (Å²) in [5, 5.41) is 3.36. The van der Waals surface area contributed by atoms with E-state index < -0.39 is 5.97 Å². The van der Waals surface area contributed by atoms with E-state index in [1.165, 1.54) is 6.08 Å². The van der Waals surface area contributed by atoms with Gasteiger partial charge in [-0.05, 0) is 86.2 Å². The normalized spacial score (nSPS) is 10.8. The Morgan fingerprint density at radius 1 is 0.939 bits per heavy atom. The van der Waals surface area contributed by atoms with Crippen LogP contribution in [0.2, 0.25) is 5.02 Å². The van der Waals surface area contributed by atoms with Crippen molar-refractivity contribution in [1.29, 1.82) is 0 Å². The van der Waals surface area contributed by atoms with E-state index in [1.807, 2.05) is 19.9 Å². The van der Waals surface area contributed by atoms with Crippen LogP contribution in [0.1, 0.15) is 29.8 Å². The van der Waals surface area contributed by atoms with Crippen LogP contribution in [0.3, 0.4) is 0 Å². The third-order valence-corrected chi connectivity index (χ3v) is 4.65. The minimum Gasteiger partial charge on any atom is -0.493 e. The molecule has 170 valence electrons. The van der Waals surface area contributed by atoms with Crippen molar-refractivity contribution in [2.45, 2.75) is 20.0 Å². The van der Waals surface area contributed by atoms with Crippen LogP contribution in [0, 0.1) is 0 Å². The summed E-state index contributed by atoms with van der Waals surface area (Å²) in [6.45, 7) is 3.86. The Kier molecular flexibility index (Phi) is 8.11. The lowest BCUT2D eigenvalue weighted by molar-refractivity contribution is -0.128. The number of methoxy groups -OCH3 is 1. The Morgan fingerprint density at radius 3 is 2.27 bits per heavy atom. The lowest BCUT2D eigenvalue weighted by Crippen LogP contribution is -2.11. The van der Waals surface area contributed by atoms with E-state index in [-0.39, 0.29) is 12.0 Å². The molecule has 0 saturated heterocycles. The standard InChI is InChI=1S/C26H24ClNO5/c1-17(2)32-23-14-4-18(16-24(23)31-3)5-15-25(29)33-22-12-6-19(7-13-22)26(30)28-21-10-8-20(27)9-11-21/h4-17H,1-3H3,(H,28,30)/b15-5+. The van der Waals surface area contributed by atoms with Gasteiger partial charge in [0.2, 0.25) is 0 Å². The number of ether oxygens (including phenoxy) is 3. The fraction of sp³-hybridized carbons (Fsp3) is 0.154. The van der Waals surface area contributed by atoms with Gasteiger partial charge in [-0.2, -0.15) is 0 Å². The molecule has 0 unspecified atom stereocenters. The Hall–Kier alpha value is -3.77. The predicted octanol–water partition coefficient (Wildman–Crippen LogP) is 6.01. The van der Waals surface area contributed by atoms with Gasteiger partial charge in [0.25, 0.3) is 5.91 Å². The van der Waals surface area contributed by atoms with E-state index in [9.17, 15) is 9.59 Å². The summed E-state index contributed by atoms with van der Waals surface area (Å²) in [6, 6.07) is 18.5. The highest BCUT2D eigenvalue weighted by molar-refractivity contribution is 6.30. The third-order valence-electron chi connectivity index (χ3n) is 4.40. The fourth-order valence-electron chi connectivity index (χ4n) is 2.86. The van der Waals surface area contributed by atoms with Gasteiger partial charge in [0.05, 0.1) is 13.2 Å². The molecule has 3 aromatic carbocycles. The first kappa shape index (κ1) is 23.9. The summed E-state index contributed by atoms with van der Waals surface area (Å²) >= 11 is 5.85. The van der Waals surface area contributed by atoms with Crippen LogP contribution in [0.4, 0.5) is 5.69 Å². The number of rotatable bonds is 8. The quantitative estimate of drug-likeness (QED) is 0.250. The predicted molar refractivity (Wildman–Crippen MR) is 129 cm³/mol. The molecule has 0 aliphatic rings. The molecule has 0 heterocycles. The van der Waals surface area contributed by atoms with E-state index in [1.54, 1.807) is 73.8 Å². The first-order chi connectivity index (χ1) is 15.8. The number of esters is 1. The average Bonchev–Trinajstić information content (AvgIpc) is 2.80. The van der Waals surface area contributed by atoms with Gasteiger partial charge in [-0.25, -0.2) is 4.79 Å². The van der Waals surface area contributed by atoms with Crippen LogP contribution in [0.25, 0.3) is 6.08 Å². The highest BCUT2D eigenvalue weighted by Crippen LogP contribution is 2.29. The van der Waals surface area contributed by atoms with Crippen molar-refractivity contribution in [1.82, 2.24) is 0 Å². The largest absolute Gasteiger partial charge is 0.493 e. The second-order valence-corrected chi connectivity index (χ2v) is 7.75. The second kappa shape index (κ2) is 11.2. The van der Waals surface area contributed by atoms with Crippen molar-refractivity contribution in [3.63, 3.8) is 0 Å². The van der Waals surface area contributed by atoms with Crippen molar-refractivity contribution in [2.24, 2.45) is 0 Å². The molecule has 1 N–H and O–H groups in total. The number of carbonyl (C=O) groups is 2. The van der Waals surface area contributed by atoms with Crippen LogP contribution in [0.15, 0.2) is 72.8 Å². The average molecular weight is 466 g/mol. The molecule has 0 radical (unpaired) electrons. The Bertz CT molecular complexity index is 1140. The summed E-state index contributed by atoms with van der Waals surface area (Å²) in [6.07, 6.45) is 2.96. The summed E-state index contributed by atoms with van der Waals surface area (Å²) in [4.78, 5) is 24.5. The molecule has 0 aliphatic heterocycles. The van der Waals surface area contributed by atoms with Crippen LogP contribution in [-0.4, -0.2) is 25.1 Å². The van der Waals surface area contributed by atoms with Crippen LogP contribution in [0.5, 0.6) is 17.2 Å². The zero-order valence-corrected chi connectivity index (χ0v) is 19.3. The van der Waals surface area contributed by atoms with E-state index in [0.717, 1.165) is 5.56 Å². The van der Waals surface area contributed by atoms with E-state index >= 15 is 0 Å². The Morgan fingerprint density at radius 2 is 1.64 bits per heavy atom. The molecule has 0 aromatic heterocycles. The molecule has 1 amide bonds. The second-order valence-electron chi connectivity index (χ2n) is 7.32. The summed E-state index contributed by atoms with van der Waals surface area (Å²) in [5.74, 6) is 0.703. The number of amides is 1. The maximum absolute atomic E-state index is 12.3. The van der Waals surface area contributed by atoms with Gasteiger partial charge in [-0.3, -0.25) is 4.79 Å². The molecule has 33 heavy (non-hydrogen) atoms. The van der Waals surface area contributed by atoms with Gasteiger partial charge in [0, 0.05) is 22.3 Å². The number of halogens is 1. The molecule has 3 rings (SSSR count). The Labute approximate surface area is 197 Å². The first-order valence-corrected chi connectivity index (χ1v) is 10.6. The SMILES string of the molecule is COc1cc(/C=C/C(=O)Oc2ccc(C(=O)Nc3ccc(Cl)cc3)cc2)ccc1OC(C)C. The van der Waals surface area contributed by atoms with E-state index in [2.05, 4.69) is 5.32 Å². The van der Waals surface area contributed by atoms with E-state index in [0.29, 0.717) is 33.5 Å². The molecule has 0 bridgehead atoms. The van der Waals surface area contributed by atoms with Gasteiger partial charge in [-0.15, -0.1) is 0 Å². The fourth-order valence-corrected chi connectivity index (χ4v) is 2.99. The van der Waals surface area contributed by atoms with Gasteiger partial charge < -0.3 is 19.5 Å². The number of hydrogen-bond acceptors (Lipinski definition) is 5. The van der Waals surface area contributed by atoms with E-state index in [4.69, 9.17) is 25.8 Å². The van der Waals surface area contributed by atoms with Crippen molar-refractivity contribution in [3.05, 3.63) is 89.0 Å². The molecular formula is C26H24ClNO5. The van der Waals surface area contributed by atoms with Crippen molar-refractivity contribution in [3.8, 4) is 17.2 Å². The topological polar surface area (TPSA) is 73.9 Å². The number of hydrogen-bond donors (Lipinski definition) is 1. The highest BCUT2D eigenvalue weighted by Gasteiger charge is 2.09. The molecule has 0 atom stereocenters. The van der Waals surface area contributed by atoms with Gasteiger partial charge in [0.15, 0.2) is 11.5 Å². The van der Waals surface area contributed by atoms with Gasteiger partial charge in [-0.1, -0.05) is 17.7 Å². The zero-order chi connectivity index (χ0) is 23.8. The molecular weight excluding hydrogens is 442 g/mol. The summed E-state index contributed by atoms with van der Waals surface area (Å²) < 4.78 is 16.3. The monoisotopic (exact) mass is 465 g/mol. The molecule has 0 spiro atoms. The van der Waals surface area contributed by atoms with Crippen LogP contribution in [-0.2, 0) is 4.79 Å². The van der Waals surface area contributed by atoms with Crippen LogP contribution < -0.4 is 19.5 Å². The summed E-state index contributed by atoms with van der Waals surface area (Å²) in [7, 11) is 1.56. The summed E-state index contributed by atoms with van der Waals surface area (Å²) in [5.41, 5.74) is 1.82. The maximum Gasteiger partial charge on any atom is 0.336 e. The van der Waals surface area contributed by atoms with Crippen LogP contribution >= 0.6 is 11.6 Å². The van der Waals surface area contributed by atoms with Crippen molar-refractivity contribution < 1.29 is 23.8 Å². The molecule has 0 fully saturated rings. The number of anilines is 1. The van der Waals surface area contributed by atoms with Gasteiger partial charge >= 0.3 is 5.97 Å². The highest BCUT2D eigenvalue weighted by atomic mass is 35.5. The number of benzene rings is 3. The molecule has 0 saturated carbocycles. The molecule has 6 nitrogen and oxygen atoms in total. The lowest BCUT2D eigenvalue weighted by atomic mass is 10.2. The maximum atomic E-state index is 12.3. The molecule has 0 aliphatic carbocycles. The smallest absolute Gasteiger partial charge is 0.336 e. The molecule has 3 aromatic rings. The van der Waals surface area contributed by atoms with Crippen molar-refractivity contribution >= 4 is 35.2 Å². The minimum absolute atomic E-state index is 0.0187. The Balaban J connectivity index is 1.58. The number of nitrogens with one attached hydrogen (secondary N) is 1. The number of carbonyl (C=O) groups excluding carboxylic acids is 2.